The first-order chi connectivity index (χ1) is 15.2. The van der Waals surface area contributed by atoms with Crippen molar-refractivity contribution >= 4 is 28.7 Å². The largest absolute Gasteiger partial charge is 0.456 e. The number of furan rings is 1. The van der Waals surface area contributed by atoms with E-state index >= 15 is 0 Å². The highest BCUT2D eigenvalue weighted by Gasteiger charge is 2.35. The molecule has 7 heteroatoms. The van der Waals surface area contributed by atoms with Gasteiger partial charge >= 0.3 is 12.1 Å². The molecule has 32 heavy (non-hydrogen) atoms. The maximum Gasteiger partial charge on any atom is 0.417 e. The number of alkyl halides is 3. The number of hydrogen-bond acceptors (Lipinski definition) is 4. The molecule has 0 unspecified atom stereocenters. The first-order valence-corrected chi connectivity index (χ1v) is 11.4. The van der Waals surface area contributed by atoms with Gasteiger partial charge in [-0.05, 0) is 61.7 Å². The summed E-state index contributed by atoms with van der Waals surface area (Å²) >= 11 is 1.00. The van der Waals surface area contributed by atoms with Crippen molar-refractivity contribution in [2.24, 2.45) is 0 Å². The zero-order chi connectivity index (χ0) is 23.3. The number of unbranched alkanes of at least 4 members (excludes halogenated alkanes) is 2. The topological polar surface area (TPSA) is 39.4 Å². The molecule has 3 nitrogen and oxygen atoms in total. The van der Waals surface area contributed by atoms with Crippen LogP contribution < -0.4 is 0 Å². The molecule has 0 N–H and O–H groups in total. The number of rotatable bonds is 9. The molecule has 3 rings (SSSR count). The Hall–Kier alpha value is -2.67. The van der Waals surface area contributed by atoms with Crippen molar-refractivity contribution in [3.05, 3.63) is 65.7 Å². The van der Waals surface area contributed by atoms with Gasteiger partial charge in [-0.1, -0.05) is 44.2 Å². The van der Waals surface area contributed by atoms with Gasteiger partial charge in [0.05, 0.1) is 5.56 Å². The summed E-state index contributed by atoms with van der Waals surface area (Å²) in [4.78, 5) is 11.8. The molecule has 1 heterocycles. The summed E-state index contributed by atoms with van der Waals surface area (Å²) in [6.45, 7) is 7.12. The average Bonchev–Trinajstić information content (AvgIpc) is 3.16. The molecule has 0 aliphatic heterocycles. The van der Waals surface area contributed by atoms with Crippen molar-refractivity contribution in [3.63, 3.8) is 0 Å². The molecule has 0 aliphatic rings. The van der Waals surface area contributed by atoms with Crippen molar-refractivity contribution in [1.82, 2.24) is 0 Å². The van der Waals surface area contributed by atoms with Crippen molar-refractivity contribution in [3.8, 4) is 11.3 Å². The third-order valence-electron chi connectivity index (χ3n) is 4.98. The Morgan fingerprint density at radius 1 is 1.12 bits per heavy atom. The van der Waals surface area contributed by atoms with Gasteiger partial charge in [0, 0.05) is 21.4 Å². The summed E-state index contributed by atoms with van der Waals surface area (Å²) in [5, 5.41) is 0.785. The van der Waals surface area contributed by atoms with Crippen LogP contribution >= 0.6 is 11.8 Å². The molecule has 3 aromatic rings. The van der Waals surface area contributed by atoms with E-state index in [1.165, 1.54) is 13.0 Å². The minimum atomic E-state index is -4.56. The first kappa shape index (κ1) is 24.0. The van der Waals surface area contributed by atoms with E-state index < -0.39 is 17.7 Å². The fourth-order valence-electron chi connectivity index (χ4n) is 3.30. The molecule has 0 saturated carbocycles. The molecule has 2 aromatic carbocycles. The Labute approximate surface area is 189 Å². The molecule has 0 fully saturated rings. The number of carbonyl (C=O) groups is 1. The van der Waals surface area contributed by atoms with Crippen LogP contribution in [-0.2, 0) is 22.1 Å². The highest BCUT2D eigenvalue weighted by molar-refractivity contribution is 7.99. The fourth-order valence-corrected chi connectivity index (χ4v) is 3.96. The zero-order valence-corrected chi connectivity index (χ0v) is 18.9. The quantitative estimate of drug-likeness (QED) is 0.106. The van der Waals surface area contributed by atoms with Crippen LogP contribution in [0.4, 0.5) is 13.2 Å². The molecule has 170 valence electrons. The van der Waals surface area contributed by atoms with Gasteiger partial charge in [0.25, 0.3) is 0 Å². The number of esters is 1. The van der Waals surface area contributed by atoms with Crippen molar-refractivity contribution < 1.29 is 27.1 Å². The summed E-state index contributed by atoms with van der Waals surface area (Å²) in [5.41, 5.74) is 1.11. The summed E-state index contributed by atoms with van der Waals surface area (Å²) < 4.78 is 52.2. The van der Waals surface area contributed by atoms with E-state index in [2.05, 4.69) is 13.5 Å². The van der Waals surface area contributed by atoms with Gasteiger partial charge in [0.15, 0.2) is 0 Å². The minimum absolute atomic E-state index is 0.0236. The number of fused-ring (bicyclic) bond motifs is 1. The molecule has 0 atom stereocenters. The molecule has 0 spiro atoms. The predicted octanol–water partition coefficient (Wildman–Crippen LogP) is 8.02. The third kappa shape index (κ3) is 5.97. The molecule has 0 amide bonds. The molecular formula is C25H25F3O3S. The smallest absolute Gasteiger partial charge is 0.417 e. The molecule has 1 aromatic heterocycles. The molecule has 0 saturated heterocycles. The minimum Gasteiger partial charge on any atom is -0.456 e. The fraction of sp³-hybridized carbons (Fsp3) is 0.320. The van der Waals surface area contributed by atoms with E-state index in [0.29, 0.717) is 10.5 Å². The lowest BCUT2D eigenvalue weighted by Gasteiger charge is -2.13. The summed E-state index contributed by atoms with van der Waals surface area (Å²) in [6.07, 6.45) is -0.292. The highest BCUT2D eigenvalue weighted by Crippen LogP contribution is 2.41. The Balaban J connectivity index is 1.86. The second-order valence-corrected chi connectivity index (χ2v) is 8.62. The van der Waals surface area contributed by atoms with Crippen LogP contribution in [0.1, 0.15) is 44.2 Å². The van der Waals surface area contributed by atoms with E-state index in [-0.39, 0.29) is 22.8 Å². The normalized spacial score (nSPS) is 11.7. The van der Waals surface area contributed by atoms with Gasteiger partial charge in [-0.3, -0.25) is 0 Å². The van der Waals surface area contributed by atoms with Crippen molar-refractivity contribution in [2.45, 2.75) is 50.6 Å². The Bertz CT molecular complexity index is 1120. The zero-order valence-electron chi connectivity index (χ0n) is 18.1. The molecule has 0 bridgehead atoms. The van der Waals surface area contributed by atoms with E-state index in [0.717, 1.165) is 54.5 Å². The van der Waals surface area contributed by atoms with Gasteiger partial charge in [0.2, 0.25) is 0 Å². The second kappa shape index (κ2) is 10.3. The number of benzene rings is 2. The summed E-state index contributed by atoms with van der Waals surface area (Å²) in [5.74, 6) is -0.516. The molecular weight excluding hydrogens is 437 g/mol. The van der Waals surface area contributed by atoms with Gasteiger partial charge in [-0.2, -0.15) is 13.2 Å². The van der Waals surface area contributed by atoms with Crippen molar-refractivity contribution in [1.29, 1.82) is 0 Å². The van der Waals surface area contributed by atoms with Crippen LogP contribution in [0.2, 0.25) is 0 Å². The Morgan fingerprint density at radius 2 is 1.91 bits per heavy atom. The van der Waals surface area contributed by atoms with Crippen molar-refractivity contribution in [2.75, 3.05) is 5.94 Å². The van der Waals surface area contributed by atoms with E-state index in [1.54, 1.807) is 12.1 Å². The number of carbonyl (C=O) groups excluding carboxylic acids is 1. The maximum absolute atomic E-state index is 13.8. The third-order valence-corrected chi connectivity index (χ3v) is 5.80. The number of hydrogen-bond donors (Lipinski definition) is 0. The Morgan fingerprint density at radius 3 is 2.59 bits per heavy atom. The summed E-state index contributed by atoms with van der Waals surface area (Å²) in [6, 6.07) is 11.4. The van der Waals surface area contributed by atoms with Gasteiger partial charge < -0.3 is 9.15 Å². The number of ether oxygens (including phenoxy) is 1. The maximum atomic E-state index is 13.8. The average molecular weight is 463 g/mol. The SMILES string of the molecule is C=C(C)C(=O)OCSc1ccc(-c2cc3cc(CCCCC)ccc3o2)c(C(F)(F)F)c1. The van der Waals surface area contributed by atoms with Crippen LogP contribution in [0.25, 0.3) is 22.3 Å². The summed E-state index contributed by atoms with van der Waals surface area (Å²) in [7, 11) is 0. The van der Waals surface area contributed by atoms with Crippen LogP contribution in [0, 0.1) is 0 Å². The monoisotopic (exact) mass is 462 g/mol. The number of thioether (sulfide) groups is 1. The van der Waals surface area contributed by atoms with Gasteiger partial charge in [-0.15, -0.1) is 0 Å². The van der Waals surface area contributed by atoms with Crippen LogP contribution in [0.5, 0.6) is 0 Å². The highest BCUT2D eigenvalue weighted by atomic mass is 32.2. The van der Waals surface area contributed by atoms with Gasteiger partial charge in [-0.25, -0.2) is 4.79 Å². The lowest BCUT2D eigenvalue weighted by atomic mass is 10.0. The Kier molecular flexibility index (Phi) is 7.72. The first-order valence-electron chi connectivity index (χ1n) is 10.4. The van der Waals surface area contributed by atoms with E-state index in [9.17, 15) is 18.0 Å². The van der Waals surface area contributed by atoms with Crippen LogP contribution in [0.15, 0.2) is 63.9 Å². The molecule has 0 radical (unpaired) electrons. The predicted molar refractivity (Wildman–Crippen MR) is 122 cm³/mol. The van der Waals surface area contributed by atoms with Gasteiger partial charge in [0.1, 0.15) is 17.3 Å². The van der Waals surface area contributed by atoms with Crippen LogP contribution in [-0.4, -0.2) is 11.9 Å². The lowest BCUT2D eigenvalue weighted by Crippen LogP contribution is -2.07. The standard InChI is InChI=1S/C25H25F3O3S/c1-4-5-6-7-17-8-11-22-18(12-17)13-23(31-22)20-10-9-19(14-21(20)25(26,27)28)32-15-30-24(29)16(2)3/h8-14H,2,4-7,15H2,1,3H3. The number of halogens is 3. The second-order valence-electron chi connectivity index (χ2n) is 7.62. The molecule has 0 aliphatic carbocycles. The van der Waals surface area contributed by atoms with E-state index in [4.69, 9.17) is 9.15 Å². The van der Waals surface area contributed by atoms with E-state index in [1.807, 2.05) is 18.2 Å². The van der Waals surface area contributed by atoms with Crippen LogP contribution in [0.3, 0.4) is 0 Å². The number of aryl methyl sites for hydroxylation is 1. The lowest BCUT2D eigenvalue weighted by molar-refractivity contribution is -0.138.